The molecular formula is C5H14O2. The summed E-state index contributed by atoms with van der Waals surface area (Å²) in [5, 5.41) is 8.06. The summed E-state index contributed by atoms with van der Waals surface area (Å²) in [6, 6.07) is 0. The van der Waals surface area contributed by atoms with Gasteiger partial charge < -0.3 is 9.84 Å². The normalized spacial score (nSPS) is 7.71. The highest BCUT2D eigenvalue weighted by molar-refractivity contribution is 4.20. The standard InChI is InChI=1S/C3H8O.C2H6O/c1-3(2)4;1-3-2/h3-4H,1-2H3;1-2H3. The monoisotopic (exact) mass is 106 g/mol. The largest absolute Gasteiger partial charge is 0.394 e. The average Bonchev–Trinajstić information content (AvgIpc) is 1.33. The number of hydrogen-bond donors (Lipinski definition) is 1. The highest BCUT2D eigenvalue weighted by atomic mass is 16.4. The number of methoxy groups -OCH3 is 1. The zero-order valence-electron chi connectivity index (χ0n) is 5.43. The minimum Gasteiger partial charge on any atom is -0.394 e. The van der Waals surface area contributed by atoms with Crippen LogP contribution < -0.4 is 0 Å². The van der Waals surface area contributed by atoms with Gasteiger partial charge in [0.1, 0.15) is 0 Å². The van der Waals surface area contributed by atoms with Crippen LogP contribution in [0.1, 0.15) is 13.8 Å². The molecular weight excluding hydrogens is 92.1 g/mol. The number of rotatable bonds is 0. The van der Waals surface area contributed by atoms with E-state index >= 15 is 0 Å². The topological polar surface area (TPSA) is 29.5 Å². The summed E-state index contributed by atoms with van der Waals surface area (Å²) < 4.78 is 4.25. The Balaban J connectivity index is 0. The molecule has 0 atom stereocenters. The lowest BCUT2D eigenvalue weighted by molar-refractivity contribution is 0.216. The van der Waals surface area contributed by atoms with Gasteiger partial charge in [-0.2, -0.15) is 0 Å². The first-order valence-corrected chi connectivity index (χ1v) is 2.23. The first-order chi connectivity index (χ1) is 3.15. The third-order valence-corrected chi connectivity index (χ3v) is 0. The van der Waals surface area contributed by atoms with Crippen molar-refractivity contribution in [3.63, 3.8) is 0 Å². The van der Waals surface area contributed by atoms with Crippen molar-refractivity contribution in [3.05, 3.63) is 0 Å². The molecule has 0 heterocycles. The predicted molar refractivity (Wildman–Crippen MR) is 30.3 cm³/mol. The maximum absolute atomic E-state index is 8.06. The quantitative estimate of drug-likeness (QED) is 0.491. The maximum atomic E-state index is 8.06. The summed E-state index contributed by atoms with van der Waals surface area (Å²) in [6.07, 6.45) is -0.167. The molecule has 0 aromatic rings. The molecule has 1 N–H and O–H groups in total. The summed E-state index contributed by atoms with van der Waals surface area (Å²) >= 11 is 0. The first kappa shape index (κ1) is 10.0. The van der Waals surface area contributed by atoms with E-state index in [4.69, 9.17) is 5.11 Å². The summed E-state index contributed by atoms with van der Waals surface area (Å²) in [7, 11) is 3.25. The minimum absolute atomic E-state index is 0.167. The molecule has 2 heteroatoms. The van der Waals surface area contributed by atoms with Crippen LogP contribution in [-0.4, -0.2) is 25.4 Å². The molecule has 0 bridgehead atoms. The lowest BCUT2D eigenvalue weighted by Crippen LogP contribution is -1.85. The van der Waals surface area contributed by atoms with Crippen molar-refractivity contribution < 1.29 is 9.84 Å². The Morgan fingerprint density at radius 2 is 1.29 bits per heavy atom. The highest BCUT2D eigenvalue weighted by Crippen LogP contribution is 1.65. The van der Waals surface area contributed by atoms with E-state index in [2.05, 4.69) is 4.74 Å². The predicted octanol–water partition coefficient (Wildman–Crippen LogP) is 0.650. The molecule has 7 heavy (non-hydrogen) atoms. The van der Waals surface area contributed by atoms with Gasteiger partial charge in [-0.25, -0.2) is 0 Å². The Morgan fingerprint density at radius 3 is 1.29 bits per heavy atom. The van der Waals surface area contributed by atoms with Gasteiger partial charge in [0.25, 0.3) is 0 Å². The molecule has 0 aliphatic heterocycles. The van der Waals surface area contributed by atoms with E-state index in [-0.39, 0.29) is 6.10 Å². The van der Waals surface area contributed by atoms with Gasteiger partial charge in [0.15, 0.2) is 0 Å². The van der Waals surface area contributed by atoms with Crippen LogP contribution >= 0.6 is 0 Å². The van der Waals surface area contributed by atoms with Gasteiger partial charge in [0.2, 0.25) is 0 Å². The zero-order valence-corrected chi connectivity index (χ0v) is 5.43. The highest BCUT2D eigenvalue weighted by Gasteiger charge is 1.69. The molecule has 0 aromatic heterocycles. The van der Waals surface area contributed by atoms with Crippen LogP contribution in [0.4, 0.5) is 0 Å². The molecule has 0 spiro atoms. The molecule has 0 rings (SSSR count). The van der Waals surface area contributed by atoms with Crippen molar-refractivity contribution in [2.75, 3.05) is 14.2 Å². The van der Waals surface area contributed by atoms with E-state index in [1.807, 2.05) is 0 Å². The van der Waals surface area contributed by atoms with E-state index in [9.17, 15) is 0 Å². The molecule has 0 fully saturated rings. The Morgan fingerprint density at radius 1 is 1.29 bits per heavy atom. The fourth-order valence-corrected chi connectivity index (χ4v) is 0. The van der Waals surface area contributed by atoms with Gasteiger partial charge in [-0.3, -0.25) is 0 Å². The van der Waals surface area contributed by atoms with Gasteiger partial charge in [-0.1, -0.05) is 0 Å². The van der Waals surface area contributed by atoms with E-state index in [0.29, 0.717) is 0 Å². The second-order valence-corrected chi connectivity index (χ2v) is 1.50. The molecule has 0 saturated carbocycles. The van der Waals surface area contributed by atoms with Crippen molar-refractivity contribution in [2.24, 2.45) is 0 Å². The molecule has 0 aliphatic carbocycles. The number of aliphatic hydroxyl groups excluding tert-OH is 1. The summed E-state index contributed by atoms with van der Waals surface area (Å²) in [6.45, 7) is 3.44. The number of ether oxygens (including phenoxy) is 1. The Hall–Kier alpha value is -0.0800. The summed E-state index contributed by atoms with van der Waals surface area (Å²) in [5.74, 6) is 0. The first-order valence-electron chi connectivity index (χ1n) is 2.23. The van der Waals surface area contributed by atoms with Crippen molar-refractivity contribution in [1.29, 1.82) is 0 Å². The van der Waals surface area contributed by atoms with Crippen molar-refractivity contribution in [2.45, 2.75) is 20.0 Å². The van der Waals surface area contributed by atoms with Gasteiger partial charge >= 0.3 is 0 Å². The fourth-order valence-electron chi connectivity index (χ4n) is 0. The second-order valence-electron chi connectivity index (χ2n) is 1.50. The lowest BCUT2D eigenvalue weighted by atomic mass is 10.5. The van der Waals surface area contributed by atoms with Crippen LogP contribution in [0.25, 0.3) is 0 Å². The Kier molecular flexibility index (Phi) is 13.3. The summed E-state index contributed by atoms with van der Waals surface area (Å²) in [5.41, 5.74) is 0. The molecule has 0 saturated heterocycles. The molecule has 2 nitrogen and oxygen atoms in total. The zero-order chi connectivity index (χ0) is 6.28. The fraction of sp³-hybridized carbons (Fsp3) is 1.00. The van der Waals surface area contributed by atoms with Crippen molar-refractivity contribution >= 4 is 0 Å². The number of aliphatic hydroxyl groups is 1. The number of hydrogen-bond acceptors (Lipinski definition) is 2. The van der Waals surface area contributed by atoms with Crippen LogP contribution in [0.2, 0.25) is 0 Å². The van der Waals surface area contributed by atoms with Gasteiger partial charge in [-0.15, -0.1) is 0 Å². The van der Waals surface area contributed by atoms with Crippen LogP contribution in [0, 0.1) is 0 Å². The minimum atomic E-state index is -0.167. The van der Waals surface area contributed by atoms with E-state index in [1.165, 1.54) is 0 Å². The van der Waals surface area contributed by atoms with E-state index in [0.717, 1.165) is 0 Å². The van der Waals surface area contributed by atoms with Crippen LogP contribution in [-0.2, 0) is 4.74 Å². The second kappa shape index (κ2) is 9.33. The summed E-state index contributed by atoms with van der Waals surface area (Å²) in [4.78, 5) is 0. The molecule has 0 aromatic carbocycles. The smallest absolute Gasteiger partial charge is 0.0483 e. The Bertz CT molecular complexity index is 17.3. The van der Waals surface area contributed by atoms with Gasteiger partial charge in [0.05, 0.1) is 0 Å². The average molecular weight is 106 g/mol. The Labute approximate surface area is 45.1 Å². The van der Waals surface area contributed by atoms with Crippen LogP contribution in [0.15, 0.2) is 0 Å². The molecule has 0 radical (unpaired) electrons. The third kappa shape index (κ3) is 14200. The van der Waals surface area contributed by atoms with E-state index in [1.54, 1.807) is 28.1 Å². The molecule has 0 amide bonds. The maximum Gasteiger partial charge on any atom is 0.0483 e. The van der Waals surface area contributed by atoms with E-state index < -0.39 is 0 Å². The molecule has 46 valence electrons. The third-order valence-electron chi connectivity index (χ3n) is 0. The molecule has 0 aliphatic rings. The van der Waals surface area contributed by atoms with Gasteiger partial charge in [0, 0.05) is 20.3 Å². The van der Waals surface area contributed by atoms with Crippen LogP contribution in [0.5, 0.6) is 0 Å². The lowest BCUT2D eigenvalue weighted by Gasteiger charge is -1.80. The SMILES string of the molecule is CC(C)O.COC. The van der Waals surface area contributed by atoms with Gasteiger partial charge in [-0.05, 0) is 13.8 Å². The van der Waals surface area contributed by atoms with Crippen molar-refractivity contribution in [3.8, 4) is 0 Å². The van der Waals surface area contributed by atoms with Crippen LogP contribution in [0.3, 0.4) is 0 Å². The van der Waals surface area contributed by atoms with Crippen molar-refractivity contribution in [1.82, 2.24) is 0 Å². The molecule has 0 unspecified atom stereocenters.